The normalized spacial score (nSPS) is 12.1. The summed E-state index contributed by atoms with van der Waals surface area (Å²) in [6, 6.07) is 5.98. The van der Waals surface area contributed by atoms with Gasteiger partial charge in [0.15, 0.2) is 17.7 Å². The molecule has 5 heteroatoms. The number of aliphatic carboxylic acids is 1. The molecule has 1 aromatic rings. The number of para-hydroxylation sites is 1. The van der Waals surface area contributed by atoms with E-state index in [9.17, 15) is 9.18 Å². The smallest absolute Gasteiger partial charge is 0.332 e. The zero-order chi connectivity index (χ0) is 12.7. The average Bonchev–Trinajstić information content (AvgIpc) is 2.30. The highest BCUT2D eigenvalue weighted by atomic mass is 19.1. The van der Waals surface area contributed by atoms with Crippen LogP contribution in [-0.4, -0.2) is 30.4 Å². The van der Waals surface area contributed by atoms with E-state index in [0.717, 1.165) is 0 Å². The van der Waals surface area contributed by atoms with Gasteiger partial charge in [0.05, 0.1) is 6.61 Å². The highest BCUT2D eigenvalue weighted by molar-refractivity contribution is 5.72. The first-order valence-corrected chi connectivity index (χ1v) is 5.37. The van der Waals surface area contributed by atoms with Gasteiger partial charge in [-0.15, -0.1) is 0 Å². The Labute approximate surface area is 99.0 Å². The molecule has 0 saturated heterocycles. The number of carboxylic acids is 1. The largest absolute Gasteiger partial charge is 0.490 e. The lowest BCUT2D eigenvalue weighted by Gasteiger charge is -2.13. The minimum Gasteiger partial charge on any atom is -0.490 e. The molecular weight excluding hydrogens is 227 g/mol. The van der Waals surface area contributed by atoms with Crippen LogP contribution in [-0.2, 0) is 9.53 Å². The molecule has 0 amide bonds. The third kappa shape index (κ3) is 4.40. The van der Waals surface area contributed by atoms with Crippen LogP contribution >= 0.6 is 0 Å². The van der Waals surface area contributed by atoms with E-state index in [1.165, 1.54) is 12.1 Å². The van der Waals surface area contributed by atoms with Crippen molar-refractivity contribution in [2.45, 2.75) is 19.4 Å². The summed E-state index contributed by atoms with van der Waals surface area (Å²) in [6.07, 6.45) is -0.732. The molecule has 0 radical (unpaired) electrons. The molecule has 0 aromatic heterocycles. The lowest BCUT2D eigenvalue weighted by molar-refractivity contribution is -0.150. The molecule has 0 heterocycles. The highest BCUT2D eigenvalue weighted by Crippen LogP contribution is 2.15. The lowest BCUT2D eigenvalue weighted by Crippen LogP contribution is -2.26. The Morgan fingerprint density at radius 2 is 2.18 bits per heavy atom. The number of hydrogen-bond acceptors (Lipinski definition) is 3. The number of carbonyl (C=O) groups is 1. The van der Waals surface area contributed by atoms with Crippen molar-refractivity contribution in [1.29, 1.82) is 0 Å². The van der Waals surface area contributed by atoms with E-state index < -0.39 is 17.9 Å². The number of hydrogen-bond donors (Lipinski definition) is 1. The summed E-state index contributed by atoms with van der Waals surface area (Å²) < 4.78 is 23.3. The summed E-state index contributed by atoms with van der Waals surface area (Å²) in [5.74, 6) is -1.38. The van der Waals surface area contributed by atoms with Crippen LogP contribution < -0.4 is 4.74 Å². The van der Waals surface area contributed by atoms with Crippen LogP contribution in [0.25, 0.3) is 0 Å². The van der Waals surface area contributed by atoms with E-state index in [1.807, 2.05) is 0 Å². The summed E-state index contributed by atoms with van der Waals surface area (Å²) in [4.78, 5) is 10.7. The molecule has 0 aliphatic carbocycles. The predicted molar refractivity (Wildman–Crippen MR) is 59.6 cm³/mol. The van der Waals surface area contributed by atoms with E-state index >= 15 is 0 Å². The monoisotopic (exact) mass is 242 g/mol. The second-order valence-corrected chi connectivity index (χ2v) is 3.35. The fraction of sp³-hybridized carbons (Fsp3) is 0.417. The van der Waals surface area contributed by atoms with Crippen molar-refractivity contribution < 1.29 is 23.8 Å². The second kappa shape index (κ2) is 6.85. The van der Waals surface area contributed by atoms with Crippen molar-refractivity contribution in [2.75, 3.05) is 13.2 Å². The van der Waals surface area contributed by atoms with Gasteiger partial charge in [0.25, 0.3) is 0 Å². The standard InChI is InChI=1S/C12H15FO4/c1-2-16-11(12(14)15)7-8-17-10-6-4-3-5-9(10)13/h3-6,11H,2,7-8H2,1H3,(H,14,15). The van der Waals surface area contributed by atoms with Crippen LogP contribution in [0.4, 0.5) is 4.39 Å². The van der Waals surface area contributed by atoms with Crippen molar-refractivity contribution in [1.82, 2.24) is 0 Å². The van der Waals surface area contributed by atoms with Crippen molar-refractivity contribution in [3.8, 4) is 5.75 Å². The Balaban J connectivity index is 2.41. The minimum atomic E-state index is -1.04. The van der Waals surface area contributed by atoms with Gasteiger partial charge in [-0.3, -0.25) is 0 Å². The lowest BCUT2D eigenvalue weighted by atomic mass is 10.2. The number of ether oxygens (including phenoxy) is 2. The Morgan fingerprint density at radius 3 is 2.76 bits per heavy atom. The molecule has 1 rings (SSSR count). The maximum Gasteiger partial charge on any atom is 0.332 e. The van der Waals surface area contributed by atoms with Gasteiger partial charge in [0, 0.05) is 13.0 Å². The average molecular weight is 242 g/mol. The molecule has 0 saturated carbocycles. The number of carboxylic acid groups (broad SMARTS) is 1. The van der Waals surface area contributed by atoms with Gasteiger partial charge >= 0.3 is 5.97 Å². The molecule has 0 spiro atoms. The first-order chi connectivity index (χ1) is 8.15. The van der Waals surface area contributed by atoms with E-state index in [-0.39, 0.29) is 18.8 Å². The Kier molecular flexibility index (Phi) is 5.42. The molecule has 0 bridgehead atoms. The Bertz CT molecular complexity index is 367. The summed E-state index contributed by atoms with van der Waals surface area (Å²) >= 11 is 0. The molecule has 1 N–H and O–H groups in total. The van der Waals surface area contributed by atoms with Gasteiger partial charge in [-0.05, 0) is 19.1 Å². The zero-order valence-electron chi connectivity index (χ0n) is 9.56. The molecule has 0 fully saturated rings. The fourth-order valence-electron chi connectivity index (χ4n) is 1.32. The maximum absolute atomic E-state index is 13.1. The van der Waals surface area contributed by atoms with E-state index in [2.05, 4.69) is 0 Å². The van der Waals surface area contributed by atoms with Crippen LogP contribution in [0.3, 0.4) is 0 Å². The van der Waals surface area contributed by atoms with E-state index in [1.54, 1.807) is 19.1 Å². The molecule has 17 heavy (non-hydrogen) atoms. The van der Waals surface area contributed by atoms with Gasteiger partial charge in [-0.2, -0.15) is 0 Å². The fourth-order valence-corrected chi connectivity index (χ4v) is 1.32. The second-order valence-electron chi connectivity index (χ2n) is 3.35. The number of halogens is 1. The van der Waals surface area contributed by atoms with Gasteiger partial charge in [0.2, 0.25) is 0 Å². The van der Waals surface area contributed by atoms with Crippen LogP contribution in [0.2, 0.25) is 0 Å². The molecule has 0 aliphatic heterocycles. The number of rotatable bonds is 7. The van der Waals surface area contributed by atoms with Crippen molar-refractivity contribution in [3.05, 3.63) is 30.1 Å². The van der Waals surface area contributed by atoms with Crippen LogP contribution in [0.1, 0.15) is 13.3 Å². The predicted octanol–water partition coefficient (Wildman–Crippen LogP) is 2.08. The van der Waals surface area contributed by atoms with Gasteiger partial charge < -0.3 is 14.6 Å². The Morgan fingerprint density at radius 1 is 1.47 bits per heavy atom. The van der Waals surface area contributed by atoms with Crippen LogP contribution in [0, 0.1) is 5.82 Å². The summed E-state index contributed by atoms with van der Waals surface area (Å²) in [5, 5.41) is 8.80. The van der Waals surface area contributed by atoms with E-state index in [4.69, 9.17) is 14.6 Å². The van der Waals surface area contributed by atoms with Crippen LogP contribution in [0.5, 0.6) is 5.75 Å². The summed E-state index contributed by atoms with van der Waals surface area (Å²) in [7, 11) is 0. The van der Waals surface area contributed by atoms with Crippen LogP contribution in [0.15, 0.2) is 24.3 Å². The quantitative estimate of drug-likeness (QED) is 0.795. The summed E-state index contributed by atoms with van der Waals surface area (Å²) in [5.41, 5.74) is 0. The first kappa shape index (κ1) is 13.4. The molecule has 4 nitrogen and oxygen atoms in total. The summed E-state index contributed by atoms with van der Waals surface area (Å²) in [6.45, 7) is 2.13. The third-order valence-electron chi connectivity index (χ3n) is 2.12. The molecule has 1 atom stereocenters. The number of benzene rings is 1. The topological polar surface area (TPSA) is 55.8 Å². The van der Waals surface area contributed by atoms with Crippen molar-refractivity contribution in [3.63, 3.8) is 0 Å². The SMILES string of the molecule is CCOC(CCOc1ccccc1F)C(=O)O. The van der Waals surface area contributed by atoms with Gasteiger partial charge in [-0.1, -0.05) is 12.1 Å². The molecular formula is C12H15FO4. The van der Waals surface area contributed by atoms with Gasteiger partial charge in [-0.25, -0.2) is 9.18 Å². The van der Waals surface area contributed by atoms with Crippen molar-refractivity contribution >= 4 is 5.97 Å². The van der Waals surface area contributed by atoms with E-state index in [0.29, 0.717) is 6.61 Å². The molecule has 1 unspecified atom stereocenters. The maximum atomic E-state index is 13.1. The Hall–Kier alpha value is -1.62. The van der Waals surface area contributed by atoms with Gasteiger partial charge in [0.1, 0.15) is 0 Å². The molecule has 94 valence electrons. The third-order valence-corrected chi connectivity index (χ3v) is 2.12. The molecule has 0 aliphatic rings. The first-order valence-electron chi connectivity index (χ1n) is 5.37. The highest BCUT2D eigenvalue weighted by Gasteiger charge is 2.17. The zero-order valence-corrected chi connectivity index (χ0v) is 9.56. The molecule has 1 aromatic carbocycles. The minimum absolute atomic E-state index is 0.0951. The van der Waals surface area contributed by atoms with Crippen molar-refractivity contribution in [2.24, 2.45) is 0 Å².